The fourth-order valence-electron chi connectivity index (χ4n) is 5.03. The van der Waals surface area contributed by atoms with Gasteiger partial charge < -0.3 is 4.74 Å². The van der Waals surface area contributed by atoms with Gasteiger partial charge in [-0.15, -0.1) is 0 Å². The van der Waals surface area contributed by atoms with Crippen LogP contribution in [0.1, 0.15) is 24.8 Å². The Bertz CT molecular complexity index is 1000. The summed E-state index contributed by atoms with van der Waals surface area (Å²) in [5.74, 6) is 0. The zero-order valence-corrected chi connectivity index (χ0v) is 17.3. The van der Waals surface area contributed by atoms with E-state index in [0.717, 1.165) is 43.6 Å². The van der Waals surface area contributed by atoms with E-state index >= 15 is 0 Å². The highest BCUT2D eigenvalue weighted by atomic mass is 16.6. The van der Waals surface area contributed by atoms with E-state index < -0.39 is 5.66 Å². The van der Waals surface area contributed by atoms with Crippen LogP contribution in [0.3, 0.4) is 0 Å². The number of hydrogen-bond acceptors (Lipinski definition) is 7. The predicted octanol–water partition coefficient (Wildman–Crippen LogP) is 4.45. The van der Waals surface area contributed by atoms with Gasteiger partial charge in [0.25, 0.3) is 5.69 Å². The number of non-ortho nitro benzene ring substituents is 1. The zero-order chi connectivity index (χ0) is 21.3. The Balaban J connectivity index is 1.64. The molecule has 0 amide bonds. The van der Waals surface area contributed by atoms with Crippen LogP contribution in [0.2, 0.25) is 0 Å². The Morgan fingerprint density at radius 1 is 1.10 bits per heavy atom. The van der Waals surface area contributed by atoms with Gasteiger partial charge in [-0.25, -0.2) is 5.01 Å². The normalized spacial score (nSPS) is 27.4. The van der Waals surface area contributed by atoms with Crippen LogP contribution in [0.4, 0.5) is 11.4 Å². The summed E-state index contributed by atoms with van der Waals surface area (Å²) >= 11 is 0. The summed E-state index contributed by atoms with van der Waals surface area (Å²) in [6.45, 7) is 2.91. The summed E-state index contributed by atoms with van der Waals surface area (Å²) in [6.07, 6.45) is 5.24. The molecular formula is C23H25N5O3. The molecule has 0 aromatic heterocycles. The van der Waals surface area contributed by atoms with Crippen molar-refractivity contribution < 1.29 is 9.66 Å². The van der Waals surface area contributed by atoms with Gasteiger partial charge in [0.1, 0.15) is 6.04 Å². The Labute approximate surface area is 180 Å². The summed E-state index contributed by atoms with van der Waals surface area (Å²) in [4.78, 5) is 13.2. The predicted molar refractivity (Wildman–Crippen MR) is 118 cm³/mol. The molecule has 3 aliphatic rings. The van der Waals surface area contributed by atoms with E-state index in [1.807, 2.05) is 23.2 Å². The van der Waals surface area contributed by atoms with E-state index in [-0.39, 0.29) is 16.7 Å². The summed E-state index contributed by atoms with van der Waals surface area (Å²) in [5.41, 5.74) is 2.79. The lowest BCUT2D eigenvalue weighted by Gasteiger charge is -2.52. The highest BCUT2D eigenvalue weighted by molar-refractivity contribution is 5.63. The topological polar surface area (TPSA) is 83.6 Å². The van der Waals surface area contributed by atoms with Crippen molar-refractivity contribution in [3.63, 3.8) is 0 Å². The largest absolute Gasteiger partial charge is 0.379 e. The van der Waals surface area contributed by atoms with Gasteiger partial charge in [0.15, 0.2) is 5.66 Å². The molecule has 2 fully saturated rings. The maximum absolute atomic E-state index is 11.1. The smallest absolute Gasteiger partial charge is 0.269 e. The standard InChI is InChI=1S/C23H25N5O3/c29-28(30)21-11-9-20(10-12-21)27-23(26-13-15-31-16-14-26)19(7-4-8-22(23)24-25-27)17-18-5-2-1-3-6-18/h1-3,5-6,9-12,17,22H,4,7-8,13-16H2/b19-17+/t22-,23-/m1/s1. The first kappa shape index (κ1) is 19.8. The van der Waals surface area contributed by atoms with Gasteiger partial charge in [-0.1, -0.05) is 41.6 Å². The number of morpholine rings is 1. The van der Waals surface area contributed by atoms with Crippen LogP contribution < -0.4 is 5.01 Å². The van der Waals surface area contributed by atoms with E-state index in [2.05, 4.69) is 28.3 Å². The number of fused-ring (bicyclic) bond motifs is 1. The van der Waals surface area contributed by atoms with Gasteiger partial charge in [0.05, 0.1) is 23.8 Å². The highest BCUT2D eigenvalue weighted by Gasteiger charge is 2.57. The zero-order valence-electron chi connectivity index (χ0n) is 17.3. The lowest BCUT2D eigenvalue weighted by atomic mass is 9.77. The lowest BCUT2D eigenvalue weighted by Crippen LogP contribution is -2.67. The number of rotatable bonds is 4. The molecule has 2 aromatic rings. The number of nitrogens with zero attached hydrogens (tertiary/aromatic N) is 5. The second-order valence-corrected chi connectivity index (χ2v) is 8.10. The molecule has 1 saturated carbocycles. The van der Waals surface area contributed by atoms with Crippen LogP contribution in [0.15, 0.2) is 70.5 Å². The minimum Gasteiger partial charge on any atom is -0.379 e. The summed E-state index contributed by atoms with van der Waals surface area (Å²) in [5, 5.41) is 22.5. The molecule has 0 bridgehead atoms. The van der Waals surface area contributed by atoms with Crippen LogP contribution in [-0.4, -0.2) is 47.8 Å². The molecule has 1 saturated heterocycles. The van der Waals surface area contributed by atoms with Gasteiger partial charge in [-0.2, -0.15) is 5.11 Å². The lowest BCUT2D eigenvalue weighted by molar-refractivity contribution is -0.384. The SMILES string of the molecule is O=[N+]([O-])c1ccc(N2N=N[C@@H]3CCC/C(=C\c4ccccc4)[C@]32N2CCOCC2)cc1. The Kier molecular flexibility index (Phi) is 5.25. The van der Waals surface area contributed by atoms with E-state index in [1.165, 1.54) is 17.7 Å². The summed E-state index contributed by atoms with van der Waals surface area (Å²) < 4.78 is 5.66. The molecule has 0 unspecified atom stereocenters. The van der Waals surface area contributed by atoms with E-state index in [1.54, 1.807) is 12.1 Å². The van der Waals surface area contributed by atoms with Crippen LogP contribution in [-0.2, 0) is 4.74 Å². The molecule has 2 aromatic carbocycles. The average Bonchev–Trinajstić information content (AvgIpc) is 3.22. The monoisotopic (exact) mass is 419 g/mol. The fraction of sp³-hybridized carbons (Fsp3) is 0.391. The molecule has 2 atom stereocenters. The molecule has 0 spiro atoms. The van der Waals surface area contributed by atoms with Crippen molar-refractivity contribution in [3.05, 3.63) is 75.8 Å². The molecule has 1 aliphatic carbocycles. The summed E-state index contributed by atoms with van der Waals surface area (Å²) in [6, 6.07) is 17.0. The summed E-state index contributed by atoms with van der Waals surface area (Å²) in [7, 11) is 0. The van der Waals surface area contributed by atoms with E-state index in [9.17, 15) is 10.1 Å². The van der Waals surface area contributed by atoms with E-state index in [4.69, 9.17) is 9.85 Å². The molecule has 8 heteroatoms. The van der Waals surface area contributed by atoms with Crippen molar-refractivity contribution in [2.75, 3.05) is 31.3 Å². The first-order chi connectivity index (χ1) is 15.2. The van der Waals surface area contributed by atoms with Gasteiger partial charge >= 0.3 is 0 Å². The minimum absolute atomic E-state index is 0.00417. The third-order valence-corrected chi connectivity index (χ3v) is 6.40. The van der Waals surface area contributed by atoms with Crippen molar-refractivity contribution in [2.45, 2.75) is 31.0 Å². The molecule has 2 heterocycles. The average molecular weight is 419 g/mol. The van der Waals surface area contributed by atoms with Crippen LogP contribution in [0.5, 0.6) is 0 Å². The maximum Gasteiger partial charge on any atom is 0.269 e. The second kappa shape index (κ2) is 8.20. The maximum atomic E-state index is 11.1. The van der Waals surface area contributed by atoms with E-state index in [0.29, 0.717) is 13.2 Å². The van der Waals surface area contributed by atoms with Crippen LogP contribution >= 0.6 is 0 Å². The van der Waals surface area contributed by atoms with Crippen LogP contribution in [0.25, 0.3) is 6.08 Å². The van der Waals surface area contributed by atoms with Gasteiger partial charge in [-0.05, 0) is 42.5 Å². The first-order valence-corrected chi connectivity index (χ1v) is 10.7. The number of hydrogen-bond donors (Lipinski definition) is 0. The van der Waals surface area contributed by atoms with Crippen molar-refractivity contribution in [2.24, 2.45) is 10.3 Å². The number of benzene rings is 2. The number of ether oxygens (including phenoxy) is 1. The van der Waals surface area contributed by atoms with Gasteiger partial charge in [0.2, 0.25) is 0 Å². The molecular weight excluding hydrogens is 394 g/mol. The molecule has 160 valence electrons. The van der Waals surface area contributed by atoms with Crippen LogP contribution in [0, 0.1) is 10.1 Å². The quantitative estimate of drug-likeness (QED) is 0.540. The minimum atomic E-state index is -0.520. The molecule has 2 aliphatic heterocycles. The fourth-order valence-corrected chi connectivity index (χ4v) is 5.03. The molecule has 31 heavy (non-hydrogen) atoms. The van der Waals surface area contributed by atoms with Crippen molar-refractivity contribution in [3.8, 4) is 0 Å². The van der Waals surface area contributed by atoms with Crippen molar-refractivity contribution >= 4 is 17.5 Å². The number of nitro benzene ring substituents is 1. The molecule has 0 N–H and O–H groups in total. The Hall–Kier alpha value is -3.10. The third-order valence-electron chi connectivity index (χ3n) is 6.40. The Morgan fingerprint density at radius 2 is 1.84 bits per heavy atom. The van der Waals surface area contributed by atoms with Crippen molar-refractivity contribution in [1.29, 1.82) is 0 Å². The van der Waals surface area contributed by atoms with Gasteiger partial charge in [-0.3, -0.25) is 15.0 Å². The first-order valence-electron chi connectivity index (χ1n) is 10.7. The molecule has 8 nitrogen and oxygen atoms in total. The third kappa shape index (κ3) is 3.41. The highest BCUT2D eigenvalue weighted by Crippen LogP contribution is 2.49. The number of nitro groups is 1. The number of anilines is 1. The van der Waals surface area contributed by atoms with Gasteiger partial charge in [0, 0.05) is 25.2 Å². The molecule has 5 rings (SSSR count). The molecule has 0 radical (unpaired) electrons. The second-order valence-electron chi connectivity index (χ2n) is 8.10. The van der Waals surface area contributed by atoms with Crippen molar-refractivity contribution in [1.82, 2.24) is 4.90 Å². The Morgan fingerprint density at radius 3 is 2.55 bits per heavy atom.